The van der Waals surface area contributed by atoms with Gasteiger partial charge in [0.05, 0.1) is 13.5 Å². The normalized spacial score (nSPS) is 10.3. The van der Waals surface area contributed by atoms with Crippen molar-refractivity contribution in [2.24, 2.45) is 0 Å². The van der Waals surface area contributed by atoms with Gasteiger partial charge in [0.1, 0.15) is 5.75 Å². The van der Waals surface area contributed by atoms with Gasteiger partial charge in [-0.1, -0.05) is 29.4 Å². The molecule has 9 heteroatoms. The lowest BCUT2D eigenvalue weighted by molar-refractivity contribution is -0.147. The fraction of sp³-hybridized carbons (Fsp3) is 0.160. The minimum atomic E-state index is -0.634. The van der Waals surface area contributed by atoms with Gasteiger partial charge >= 0.3 is 5.97 Å². The second kappa shape index (κ2) is 12.7. The van der Waals surface area contributed by atoms with Crippen LogP contribution in [0.5, 0.6) is 5.75 Å². The molecule has 3 aromatic carbocycles. The van der Waals surface area contributed by atoms with Crippen molar-refractivity contribution in [1.29, 1.82) is 0 Å². The fourth-order valence-electron chi connectivity index (χ4n) is 2.80. The van der Waals surface area contributed by atoms with Crippen LogP contribution in [0.15, 0.2) is 82.6 Å². The first-order valence-corrected chi connectivity index (χ1v) is 11.5. The number of anilines is 2. The van der Waals surface area contributed by atoms with Crippen LogP contribution in [0.2, 0.25) is 5.02 Å². The second-order valence-corrected chi connectivity index (χ2v) is 8.65. The van der Waals surface area contributed by atoms with Gasteiger partial charge in [0.15, 0.2) is 6.61 Å². The zero-order chi connectivity index (χ0) is 24.3. The predicted molar refractivity (Wildman–Crippen MR) is 132 cm³/mol. The first kappa shape index (κ1) is 25.1. The summed E-state index contributed by atoms with van der Waals surface area (Å²) in [5, 5.41) is 6.03. The Kier molecular flexibility index (Phi) is 9.37. The van der Waals surface area contributed by atoms with Crippen LogP contribution in [0.3, 0.4) is 0 Å². The second-order valence-electron chi connectivity index (χ2n) is 7.07. The highest BCUT2D eigenvalue weighted by Crippen LogP contribution is 2.29. The summed E-state index contributed by atoms with van der Waals surface area (Å²) in [6.07, 6.45) is -0.194. The number of benzene rings is 3. The molecule has 0 fully saturated rings. The number of hydrogen-bond acceptors (Lipinski definition) is 6. The van der Waals surface area contributed by atoms with Crippen LogP contribution in [0, 0.1) is 0 Å². The molecule has 0 aliphatic heterocycles. The van der Waals surface area contributed by atoms with Crippen molar-refractivity contribution in [2.75, 3.05) is 24.4 Å². The van der Waals surface area contributed by atoms with Gasteiger partial charge in [-0.2, -0.15) is 0 Å². The first-order chi connectivity index (χ1) is 16.4. The van der Waals surface area contributed by atoms with Crippen LogP contribution in [0.1, 0.15) is 12.8 Å². The number of amides is 2. The van der Waals surface area contributed by atoms with Crippen LogP contribution in [0.25, 0.3) is 0 Å². The summed E-state index contributed by atoms with van der Waals surface area (Å²) in [6.45, 7) is -0.440. The summed E-state index contributed by atoms with van der Waals surface area (Å²) in [4.78, 5) is 38.0. The lowest BCUT2D eigenvalue weighted by Gasteiger charge is -2.08. The van der Waals surface area contributed by atoms with Crippen LogP contribution in [0.4, 0.5) is 11.4 Å². The van der Waals surface area contributed by atoms with E-state index in [0.29, 0.717) is 22.1 Å². The average Bonchev–Trinajstić information content (AvgIpc) is 2.84. The molecule has 0 bridgehead atoms. The highest BCUT2D eigenvalue weighted by molar-refractivity contribution is 7.99. The highest BCUT2D eigenvalue weighted by Gasteiger charge is 2.11. The molecule has 3 aromatic rings. The number of methoxy groups -OCH3 is 1. The Morgan fingerprint density at radius 1 is 0.824 bits per heavy atom. The maximum absolute atomic E-state index is 12.1. The molecule has 176 valence electrons. The lowest BCUT2D eigenvalue weighted by atomic mass is 10.2. The van der Waals surface area contributed by atoms with Crippen molar-refractivity contribution in [1.82, 2.24) is 0 Å². The van der Waals surface area contributed by atoms with Gasteiger partial charge in [0, 0.05) is 38.7 Å². The number of carbonyl (C=O) groups excluding carboxylic acids is 3. The number of ether oxygens (including phenoxy) is 2. The van der Waals surface area contributed by atoms with Gasteiger partial charge in [-0.3, -0.25) is 14.4 Å². The molecule has 2 N–H and O–H groups in total. The lowest BCUT2D eigenvalue weighted by Crippen LogP contribution is -2.21. The molecule has 0 spiro atoms. The Hall–Kier alpha value is -3.49. The largest absolute Gasteiger partial charge is 0.497 e. The molecule has 0 aliphatic carbocycles. The minimum absolute atomic E-state index is 0.0579. The number of hydrogen-bond donors (Lipinski definition) is 2. The third-order valence-electron chi connectivity index (χ3n) is 4.46. The fourth-order valence-corrected chi connectivity index (χ4v) is 3.74. The van der Waals surface area contributed by atoms with Crippen LogP contribution in [-0.4, -0.2) is 31.5 Å². The summed E-state index contributed by atoms with van der Waals surface area (Å²) >= 11 is 7.48. The Labute approximate surface area is 206 Å². The number of esters is 1. The van der Waals surface area contributed by atoms with Crippen molar-refractivity contribution in [3.05, 3.63) is 77.8 Å². The van der Waals surface area contributed by atoms with Crippen molar-refractivity contribution in [3.8, 4) is 5.75 Å². The van der Waals surface area contributed by atoms with Gasteiger partial charge in [0.25, 0.3) is 5.91 Å². The highest BCUT2D eigenvalue weighted by atomic mass is 35.5. The molecule has 2 amide bonds. The van der Waals surface area contributed by atoms with Gasteiger partial charge in [0.2, 0.25) is 5.91 Å². The van der Waals surface area contributed by atoms with E-state index >= 15 is 0 Å². The van der Waals surface area contributed by atoms with E-state index in [4.69, 9.17) is 21.1 Å². The quantitative estimate of drug-likeness (QED) is 0.363. The molecule has 0 aromatic heterocycles. The molecule has 0 heterocycles. The van der Waals surface area contributed by atoms with E-state index in [1.807, 2.05) is 36.4 Å². The zero-order valence-corrected chi connectivity index (χ0v) is 19.9. The Morgan fingerprint density at radius 3 is 2.15 bits per heavy atom. The SMILES string of the molecule is COc1cccc(NC(=O)COC(=O)CCC(=O)Nc2ccc(Sc3ccc(Cl)cc3)cc2)c1. The average molecular weight is 499 g/mol. The van der Waals surface area contributed by atoms with Gasteiger partial charge in [-0.15, -0.1) is 0 Å². The van der Waals surface area contributed by atoms with E-state index in [1.54, 1.807) is 48.2 Å². The smallest absolute Gasteiger partial charge is 0.306 e. The molecule has 0 radical (unpaired) electrons. The molecule has 34 heavy (non-hydrogen) atoms. The standard InChI is InChI=1S/C25H23ClN2O5S/c1-32-20-4-2-3-19(15-20)28-24(30)16-33-25(31)14-13-23(29)27-18-7-11-22(12-8-18)34-21-9-5-17(26)6-10-21/h2-12,15H,13-14,16H2,1H3,(H,27,29)(H,28,30). The van der Waals surface area contributed by atoms with E-state index in [-0.39, 0.29) is 18.7 Å². The monoisotopic (exact) mass is 498 g/mol. The van der Waals surface area contributed by atoms with Crippen molar-refractivity contribution in [2.45, 2.75) is 22.6 Å². The summed E-state index contributed by atoms with van der Waals surface area (Å²) in [7, 11) is 1.52. The maximum Gasteiger partial charge on any atom is 0.306 e. The van der Waals surface area contributed by atoms with Crippen LogP contribution < -0.4 is 15.4 Å². The van der Waals surface area contributed by atoms with E-state index < -0.39 is 18.5 Å². The Bertz CT molecular complexity index is 1140. The van der Waals surface area contributed by atoms with Crippen LogP contribution in [-0.2, 0) is 19.1 Å². The number of carbonyl (C=O) groups is 3. The van der Waals surface area contributed by atoms with E-state index in [0.717, 1.165) is 9.79 Å². The van der Waals surface area contributed by atoms with Crippen molar-refractivity contribution >= 4 is 52.5 Å². The maximum atomic E-state index is 12.1. The molecule has 0 saturated carbocycles. The molecular weight excluding hydrogens is 476 g/mol. The molecule has 0 unspecified atom stereocenters. The van der Waals surface area contributed by atoms with E-state index in [1.165, 1.54) is 7.11 Å². The Morgan fingerprint density at radius 2 is 1.47 bits per heavy atom. The number of nitrogens with one attached hydrogen (secondary N) is 2. The third kappa shape index (κ3) is 8.46. The predicted octanol–water partition coefficient (Wildman–Crippen LogP) is 5.40. The summed E-state index contributed by atoms with van der Waals surface area (Å²) < 4.78 is 10.0. The van der Waals surface area contributed by atoms with Crippen molar-refractivity contribution in [3.63, 3.8) is 0 Å². The topological polar surface area (TPSA) is 93.7 Å². The number of halogens is 1. The Balaban J connectivity index is 1.36. The van der Waals surface area contributed by atoms with Gasteiger partial charge in [-0.25, -0.2) is 0 Å². The third-order valence-corrected chi connectivity index (χ3v) is 5.73. The van der Waals surface area contributed by atoms with Crippen molar-refractivity contribution < 1.29 is 23.9 Å². The van der Waals surface area contributed by atoms with Gasteiger partial charge < -0.3 is 20.1 Å². The minimum Gasteiger partial charge on any atom is -0.497 e. The summed E-state index contributed by atoms with van der Waals surface area (Å²) in [6, 6.07) is 21.7. The van der Waals surface area contributed by atoms with E-state index in [9.17, 15) is 14.4 Å². The molecule has 0 saturated heterocycles. The summed E-state index contributed by atoms with van der Waals surface area (Å²) in [5.41, 5.74) is 1.15. The van der Waals surface area contributed by atoms with Gasteiger partial charge in [-0.05, 0) is 60.7 Å². The first-order valence-electron chi connectivity index (χ1n) is 10.3. The zero-order valence-electron chi connectivity index (χ0n) is 18.4. The molecule has 0 aliphatic rings. The van der Waals surface area contributed by atoms with Crippen LogP contribution >= 0.6 is 23.4 Å². The molecule has 7 nitrogen and oxygen atoms in total. The molecule has 0 atom stereocenters. The number of rotatable bonds is 10. The molecular formula is C25H23ClN2O5S. The summed E-state index contributed by atoms with van der Waals surface area (Å²) in [5.74, 6) is -0.847. The molecule has 3 rings (SSSR count). The van der Waals surface area contributed by atoms with E-state index in [2.05, 4.69) is 10.6 Å².